The van der Waals surface area contributed by atoms with E-state index in [1.165, 1.54) is 31.4 Å². The van der Waals surface area contributed by atoms with E-state index in [1.54, 1.807) is 0 Å². The molecule has 1 saturated heterocycles. The van der Waals surface area contributed by atoms with Crippen LogP contribution in [-0.2, 0) is 9.53 Å². The zero-order valence-electron chi connectivity index (χ0n) is 19.4. The summed E-state index contributed by atoms with van der Waals surface area (Å²) in [5.41, 5.74) is 2.87. The monoisotopic (exact) mass is 436 g/mol. The molecule has 1 aromatic carbocycles. The predicted molar refractivity (Wildman–Crippen MR) is 126 cm³/mol. The van der Waals surface area contributed by atoms with Crippen molar-refractivity contribution in [3.8, 4) is 0 Å². The van der Waals surface area contributed by atoms with Crippen LogP contribution in [0, 0.1) is 18.8 Å². The molecule has 0 radical (unpaired) electrons. The smallest absolute Gasteiger partial charge is 0.311 e. The molecule has 1 aliphatic heterocycles. The van der Waals surface area contributed by atoms with Crippen molar-refractivity contribution in [1.82, 2.24) is 10.2 Å². The van der Waals surface area contributed by atoms with Crippen molar-refractivity contribution in [3.63, 3.8) is 0 Å². The zero-order chi connectivity index (χ0) is 22.5. The largest absolute Gasteiger partial charge is 0.466 e. The van der Waals surface area contributed by atoms with E-state index < -0.39 is 0 Å². The van der Waals surface area contributed by atoms with Gasteiger partial charge in [-0.1, -0.05) is 43.2 Å². The van der Waals surface area contributed by atoms with Crippen molar-refractivity contribution < 1.29 is 14.3 Å². The number of carbonyl (C=O) groups excluding carboxylic acids is 2. The van der Waals surface area contributed by atoms with E-state index in [4.69, 9.17) is 4.74 Å². The summed E-state index contributed by atoms with van der Waals surface area (Å²) in [6, 6.07) is 8.11. The number of hydrogen-bond donors (Lipinski definition) is 1. The van der Waals surface area contributed by atoms with Gasteiger partial charge < -0.3 is 15.0 Å². The van der Waals surface area contributed by atoms with Crippen LogP contribution >= 0.6 is 0 Å². The fourth-order valence-corrected chi connectivity index (χ4v) is 5.56. The standard InChI is InChI=1S/C27H36N2O3/c1-3-32-27(31)24-13-8-18-29(26(30)23-12-7-4-9-19(23)2)25(24)20-14-16-22(17-15-20)28-21-10-5-6-11-21/h4,7,9,12,14,16-17,20-21,24-25,28H,3,5-6,8,10-11,13,15,18H2,1-2H3/t20-,24+,25?/m1/s1. The molecule has 0 bridgehead atoms. The van der Waals surface area contributed by atoms with Crippen LogP contribution in [0.15, 0.2) is 48.2 Å². The molecule has 32 heavy (non-hydrogen) atoms. The van der Waals surface area contributed by atoms with Crippen molar-refractivity contribution in [2.75, 3.05) is 13.2 Å². The summed E-state index contributed by atoms with van der Waals surface area (Å²) in [5, 5.41) is 3.66. The van der Waals surface area contributed by atoms with Gasteiger partial charge in [0.25, 0.3) is 5.91 Å². The number of esters is 1. The zero-order valence-corrected chi connectivity index (χ0v) is 19.4. The quantitative estimate of drug-likeness (QED) is 0.653. The third kappa shape index (κ3) is 4.92. The Bertz CT molecular complexity index is 885. The SMILES string of the molecule is CCOC(=O)[C@H]1CCCN(C(=O)c2ccccc2C)C1[C@@H]1C=CC(NC2CCCC2)=CC1. The maximum atomic E-state index is 13.6. The molecule has 3 atom stereocenters. The number of carbonyl (C=O) groups is 2. The van der Waals surface area contributed by atoms with E-state index in [-0.39, 0.29) is 29.8 Å². The number of aryl methyl sites for hydroxylation is 1. The van der Waals surface area contributed by atoms with E-state index >= 15 is 0 Å². The van der Waals surface area contributed by atoms with Gasteiger partial charge in [-0.15, -0.1) is 0 Å². The highest BCUT2D eigenvalue weighted by Gasteiger charge is 2.43. The number of rotatable bonds is 6. The minimum absolute atomic E-state index is 0.0226. The maximum absolute atomic E-state index is 13.6. The number of amides is 1. The summed E-state index contributed by atoms with van der Waals surface area (Å²) in [6.45, 7) is 4.86. The van der Waals surface area contributed by atoms with Crippen molar-refractivity contribution in [3.05, 3.63) is 59.3 Å². The Morgan fingerprint density at radius 3 is 2.59 bits per heavy atom. The molecule has 172 valence electrons. The first-order chi connectivity index (χ1) is 15.6. The number of hydrogen-bond acceptors (Lipinski definition) is 4. The molecular formula is C27H36N2O3. The van der Waals surface area contributed by atoms with Crippen LogP contribution in [0.1, 0.15) is 67.8 Å². The Hall–Kier alpha value is -2.56. The van der Waals surface area contributed by atoms with Crippen LogP contribution in [-0.4, -0.2) is 42.0 Å². The van der Waals surface area contributed by atoms with Gasteiger partial charge in [0.15, 0.2) is 0 Å². The topological polar surface area (TPSA) is 58.6 Å². The first kappa shape index (κ1) is 22.6. The molecule has 5 nitrogen and oxygen atoms in total. The Kier molecular flexibility index (Phi) is 7.33. The highest BCUT2D eigenvalue weighted by Crippen LogP contribution is 2.35. The number of nitrogens with zero attached hydrogens (tertiary/aromatic N) is 1. The lowest BCUT2D eigenvalue weighted by Gasteiger charge is -2.44. The molecule has 2 fully saturated rings. The molecule has 3 aliphatic rings. The van der Waals surface area contributed by atoms with Crippen LogP contribution in [0.2, 0.25) is 0 Å². The summed E-state index contributed by atoms with van der Waals surface area (Å²) in [4.78, 5) is 28.5. The minimum atomic E-state index is -0.288. The molecule has 1 aromatic rings. The normalized spacial score (nSPS) is 26.0. The molecule has 1 amide bonds. The third-order valence-corrected chi connectivity index (χ3v) is 7.21. The molecule has 1 saturated carbocycles. The number of benzene rings is 1. The highest BCUT2D eigenvalue weighted by atomic mass is 16.5. The number of likely N-dealkylation sites (tertiary alicyclic amines) is 1. The lowest BCUT2D eigenvalue weighted by atomic mass is 9.78. The van der Waals surface area contributed by atoms with Crippen molar-refractivity contribution >= 4 is 11.9 Å². The van der Waals surface area contributed by atoms with Gasteiger partial charge >= 0.3 is 5.97 Å². The van der Waals surface area contributed by atoms with Crippen LogP contribution in [0.3, 0.4) is 0 Å². The van der Waals surface area contributed by atoms with Gasteiger partial charge in [0.05, 0.1) is 18.6 Å². The minimum Gasteiger partial charge on any atom is -0.466 e. The molecule has 0 spiro atoms. The Balaban J connectivity index is 1.56. The molecule has 1 N–H and O–H groups in total. The Morgan fingerprint density at radius 2 is 1.91 bits per heavy atom. The average molecular weight is 437 g/mol. The third-order valence-electron chi connectivity index (χ3n) is 7.21. The summed E-state index contributed by atoms with van der Waals surface area (Å²) < 4.78 is 5.44. The van der Waals surface area contributed by atoms with Crippen molar-refractivity contribution in [2.45, 2.75) is 70.9 Å². The maximum Gasteiger partial charge on any atom is 0.311 e. The second kappa shape index (κ2) is 10.4. The van der Waals surface area contributed by atoms with E-state index in [9.17, 15) is 9.59 Å². The molecule has 1 unspecified atom stereocenters. The van der Waals surface area contributed by atoms with Gasteiger partial charge in [0.2, 0.25) is 0 Å². The fraction of sp³-hybridized carbons (Fsp3) is 0.556. The van der Waals surface area contributed by atoms with Gasteiger partial charge in [0, 0.05) is 29.8 Å². The van der Waals surface area contributed by atoms with Gasteiger partial charge in [-0.25, -0.2) is 0 Å². The molecule has 5 heteroatoms. The second-order valence-corrected chi connectivity index (χ2v) is 9.35. The Morgan fingerprint density at radius 1 is 1.12 bits per heavy atom. The van der Waals surface area contributed by atoms with Crippen LogP contribution in [0.25, 0.3) is 0 Å². The molecule has 2 aliphatic carbocycles. The Labute approximate surface area is 191 Å². The first-order valence-electron chi connectivity index (χ1n) is 12.3. The summed E-state index contributed by atoms with van der Waals surface area (Å²) in [7, 11) is 0. The second-order valence-electron chi connectivity index (χ2n) is 9.35. The number of nitrogens with one attached hydrogen (secondary N) is 1. The summed E-state index contributed by atoms with van der Waals surface area (Å²) >= 11 is 0. The van der Waals surface area contributed by atoms with Gasteiger partial charge in [0.1, 0.15) is 0 Å². The number of allylic oxidation sites excluding steroid dienone is 2. The molecule has 4 rings (SSSR count). The summed E-state index contributed by atoms with van der Waals surface area (Å²) in [6.07, 6.45) is 14.1. The van der Waals surface area contributed by atoms with Crippen LogP contribution < -0.4 is 5.32 Å². The molecule has 1 heterocycles. The van der Waals surface area contributed by atoms with E-state index in [1.807, 2.05) is 43.0 Å². The van der Waals surface area contributed by atoms with Crippen LogP contribution in [0.5, 0.6) is 0 Å². The van der Waals surface area contributed by atoms with Gasteiger partial charge in [-0.3, -0.25) is 9.59 Å². The van der Waals surface area contributed by atoms with E-state index in [2.05, 4.69) is 23.5 Å². The molecular weight excluding hydrogens is 400 g/mol. The van der Waals surface area contributed by atoms with E-state index in [0.717, 1.165) is 30.4 Å². The highest BCUT2D eigenvalue weighted by molar-refractivity contribution is 5.96. The first-order valence-corrected chi connectivity index (χ1v) is 12.3. The van der Waals surface area contributed by atoms with Gasteiger partial charge in [-0.05, 0) is 63.7 Å². The summed E-state index contributed by atoms with van der Waals surface area (Å²) in [5.74, 6) is -0.336. The fourth-order valence-electron chi connectivity index (χ4n) is 5.56. The van der Waals surface area contributed by atoms with Gasteiger partial charge in [-0.2, -0.15) is 0 Å². The van der Waals surface area contributed by atoms with Crippen molar-refractivity contribution in [2.24, 2.45) is 11.8 Å². The number of piperidine rings is 1. The lowest BCUT2D eigenvalue weighted by Crippen LogP contribution is -2.54. The lowest BCUT2D eigenvalue weighted by molar-refractivity contribution is -0.152. The number of ether oxygens (including phenoxy) is 1. The molecule has 0 aromatic heterocycles. The van der Waals surface area contributed by atoms with E-state index in [0.29, 0.717) is 19.2 Å². The van der Waals surface area contributed by atoms with Crippen molar-refractivity contribution in [1.29, 1.82) is 0 Å². The van der Waals surface area contributed by atoms with Crippen LogP contribution in [0.4, 0.5) is 0 Å². The predicted octanol–water partition coefficient (Wildman–Crippen LogP) is 4.77. The average Bonchev–Trinajstić information content (AvgIpc) is 3.32.